The van der Waals surface area contributed by atoms with Gasteiger partial charge in [0.25, 0.3) is 5.56 Å². The number of thiazole rings is 1. The molecule has 0 spiro atoms. The number of carbonyl (C=O) groups excluding carboxylic acids is 1. The molecule has 200 valence electrons. The maximum Gasteiger partial charge on any atom is 0.338 e. The molecule has 0 bridgehead atoms. The highest BCUT2D eigenvalue weighted by molar-refractivity contribution is 14.1. The molecule has 8 nitrogen and oxygen atoms in total. The molecule has 38 heavy (non-hydrogen) atoms. The van der Waals surface area contributed by atoms with E-state index in [1.54, 1.807) is 44.8 Å². The lowest BCUT2D eigenvalue weighted by atomic mass is 9.95. The molecule has 1 unspecified atom stereocenters. The van der Waals surface area contributed by atoms with Crippen LogP contribution in [0.15, 0.2) is 51.4 Å². The third kappa shape index (κ3) is 5.50. The van der Waals surface area contributed by atoms with Gasteiger partial charge in [0.1, 0.15) is 5.75 Å². The molecule has 2 heterocycles. The predicted molar refractivity (Wildman–Crippen MR) is 163 cm³/mol. The summed E-state index contributed by atoms with van der Waals surface area (Å²) in [5.74, 6) is 1.37. The summed E-state index contributed by atoms with van der Waals surface area (Å²) in [7, 11) is 3.20. The van der Waals surface area contributed by atoms with Gasteiger partial charge < -0.3 is 18.9 Å². The van der Waals surface area contributed by atoms with E-state index in [4.69, 9.17) is 18.9 Å². The minimum absolute atomic E-state index is 0.203. The van der Waals surface area contributed by atoms with Gasteiger partial charge in [0, 0.05) is 0 Å². The highest BCUT2D eigenvalue weighted by Crippen LogP contribution is 2.36. The lowest BCUT2D eigenvalue weighted by Crippen LogP contribution is -2.40. The number of hydrogen-bond donors (Lipinski definition) is 0. The van der Waals surface area contributed by atoms with Crippen molar-refractivity contribution in [2.24, 2.45) is 4.99 Å². The molecule has 0 amide bonds. The molecule has 1 aromatic heterocycles. The SMILES string of the molecule is CCOC(=O)C1=C(C)N=c2s/c(=C\c3cc(I)c(OC)c(I)c3)c(=O)n2C1c1ccc(OC)c(OCC)c1. The second-order valence-electron chi connectivity index (χ2n) is 8.16. The summed E-state index contributed by atoms with van der Waals surface area (Å²) in [6.07, 6.45) is 1.84. The number of nitrogens with zero attached hydrogens (tertiary/aromatic N) is 2. The summed E-state index contributed by atoms with van der Waals surface area (Å²) in [4.78, 5) is 32.2. The van der Waals surface area contributed by atoms with Crippen LogP contribution in [0.3, 0.4) is 0 Å². The van der Waals surface area contributed by atoms with Crippen molar-refractivity contribution >= 4 is 68.6 Å². The number of hydrogen-bond acceptors (Lipinski definition) is 8. The molecule has 1 aliphatic rings. The molecular formula is C27H26I2N2O6S. The first-order chi connectivity index (χ1) is 18.2. The minimum atomic E-state index is -0.742. The smallest absolute Gasteiger partial charge is 0.338 e. The number of fused-ring (bicyclic) bond motifs is 1. The van der Waals surface area contributed by atoms with Crippen LogP contribution < -0.4 is 29.1 Å². The van der Waals surface area contributed by atoms with E-state index in [9.17, 15) is 9.59 Å². The Morgan fingerprint density at radius 2 is 1.79 bits per heavy atom. The molecular weight excluding hydrogens is 734 g/mol. The van der Waals surface area contributed by atoms with Crippen molar-refractivity contribution in [1.29, 1.82) is 0 Å². The lowest BCUT2D eigenvalue weighted by Gasteiger charge is -2.25. The topological polar surface area (TPSA) is 88.4 Å². The van der Waals surface area contributed by atoms with Crippen molar-refractivity contribution in [2.75, 3.05) is 27.4 Å². The molecule has 1 atom stereocenters. The number of carbonyl (C=O) groups is 1. The number of aromatic nitrogens is 1. The Kier molecular flexibility index (Phi) is 9.19. The molecule has 0 saturated carbocycles. The van der Waals surface area contributed by atoms with Gasteiger partial charge in [-0.1, -0.05) is 17.4 Å². The van der Waals surface area contributed by atoms with Crippen molar-refractivity contribution in [3.8, 4) is 17.2 Å². The van der Waals surface area contributed by atoms with E-state index in [0.717, 1.165) is 18.5 Å². The van der Waals surface area contributed by atoms with Crippen LogP contribution in [0.1, 0.15) is 37.9 Å². The Morgan fingerprint density at radius 3 is 2.39 bits per heavy atom. The van der Waals surface area contributed by atoms with Crippen LogP contribution in [0, 0.1) is 7.14 Å². The van der Waals surface area contributed by atoms with E-state index < -0.39 is 12.0 Å². The molecule has 11 heteroatoms. The molecule has 3 aromatic rings. The minimum Gasteiger partial charge on any atom is -0.495 e. The van der Waals surface area contributed by atoms with Crippen LogP contribution in [-0.4, -0.2) is 38.0 Å². The normalized spacial score (nSPS) is 15.1. The highest BCUT2D eigenvalue weighted by Gasteiger charge is 2.34. The third-order valence-corrected chi connectivity index (χ3v) is 8.43. The van der Waals surface area contributed by atoms with E-state index in [1.807, 2.05) is 31.2 Å². The molecule has 2 aromatic carbocycles. The zero-order valence-electron chi connectivity index (χ0n) is 21.5. The van der Waals surface area contributed by atoms with Crippen LogP contribution >= 0.6 is 56.5 Å². The van der Waals surface area contributed by atoms with E-state index in [1.165, 1.54) is 11.3 Å². The Hall–Kier alpha value is -2.39. The zero-order chi connectivity index (χ0) is 27.6. The number of ether oxygens (including phenoxy) is 4. The summed E-state index contributed by atoms with van der Waals surface area (Å²) >= 11 is 5.72. The third-order valence-electron chi connectivity index (χ3n) is 5.84. The maximum atomic E-state index is 13.9. The van der Waals surface area contributed by atoms with Crippen molar-refractivity contribution in [3.63, 3.8) is 0 Å². The maximum absolute atomic E-state index is 13.9. The standard InChI is InChI=1S/C27H26I2N2O6S/c1-6-36-20-13-16(8-9-19(20)34-4)23-22(26(33)37-7-2)14(3)30-27-31(23)25(32)21(38-27)12-15-10-17(28)24(35-5)18(29)11-15/h8-13,23H,6-7H2,1-5H3/b21-12-. The Labute approximate surface area is 251 Å². The first kappa shape index (κ1) is 28.6. The van der Waals surface area contributed by atoms with Crippen LogP contribution in [-0.2, 0) is 9.53 Å². The average Bonchev–Trinajstić information content (AvgIpc) is 3.17. The number of allylic oxidation sites excluding steroid dienone is 1. The van der Waals surface area contributed by atoms with Gasteiger partial charge in [-0.3, -0.25) is 9.36 Å². The van der Waals surface area contributed by atoms with Crippen LogP contribution in [0.2, 0.25) is 0 Å². The van der Waals surface area contributed by atoms with Crippen molar-refractivity contribution in [2.45, 2.75) is 26.8 Å². The lowest BCUT2D eigenvalue weighted by molar-refractivity contribution is -0.139. The van der Waals surface area contributed by atoms with E-state index >= 15 is 0 Å². The quantitative estimate of drug-likeness (QED) is 0.250. The molecule has 1 aliphatic heterocycles. The summed E-state index contributed by atoms with van der Waals surface area (Å²) in [5, 5.41) is 0. The Balaban J connectivity index is 1.96. The molecule has 0 aliphatic carbocycles. The van der Waals surface area contributed by atoms with Gasteiger partial charge in [-0.15, -0.1) is 0 Å². The summed E-state index contributed by atoms with van der Waals surface area (Å²) in [6, 6.07) is 8.59. The fraction of sp³-hybridized carbons (Fsp3) is 0.296. The highest BCUT2D eigenvalue weighted by atomic mass is 127. The van der Waals surface area contributed by atoms with Crippen molar-refractivity contribution in [3.05, 3.63) is 79.6 Å². The number of rotatable bonds is 8. The monoisotopic (exact) mass is 760 g/mol. The van der Waals surface area contributed by atoms with Crippen LogP contribution in [0.4, 0.5) is 0 Å². The molecule has 4 rings (SSSR count). The van der Waals surface area contributed by atoms with Gasteiger partial charge in [-0.25, -0.2) is 9.79 Å². The predicted octanol–water partition coefficient (Wildman–Crippen LogP) is 4.42. The molecule has 0 saturated heterocycles. The van der Waals surface area contributed by atoms with Gasteiger partial charge in [0.15, 0.2) is 16.3 Å². The number of esters is 1. The first-order valence-electron chi connectivity index (χ1n) is 11.8. The van der Waals surface area contributed by atoms with Crippen LogP contribution in [0.5, 0.6) is 17.2 Å². The van der Waals surface area contributed by atoms with Gasteiger partial charge in [0.2, 0.25) is 0 Å². The Bertz CT molecular complexity index is 1590. The number of methoxy groups -OCH3 is 2. The van der Waals surface area contributed by atoms with E-state index in [0.29, 0.717) is 44.3 Å². The first-order valence-corrected chi connectivity index (χ1v) is 14.7. The van der Waals surface area contributed by atoms with Crippen LogP contribution in [0.25, 0.3) is 6.08 Å². The Morgan fingerprint density at radius 1 is 1.08 bits per heavy atom. The summed E-state index contributed by atoms with van der Waals surface area (Å²) < 4.78 is 26.0. The molecule has 0 fully saturated rings. The van der Waals surface area contributed by atoms with Crippen molar-refractivity contribution < 1.29 is 23.7 Å². The zero-order valence-corrected chi connectivity index (χ0v) is 26.6. The second-order valence-corrected chi connectivity index (χ2v) is 11.5. The van der Waals surface area contributed by atoms with Gasteiger partial charge in [-0.05, 0) is 107 Å². The number of benzene rings is 2. The van der Waals surface area contributed by atoms with Gasteiger partial charge in [-0.2, -0.15) is 0 Å². The van der Waals surface area contributed by atoms with Crippen molar-refractivity contribution in [1.82, 2.24) is 4.57 Å². The largest absolute Gasteiger partial charge is 0.495 e. The number of halogens is 2. The van der Waals surface area contributed by atoms with Gasteiger partial charge >= 0.3 is 5.97 Å². The average molecular weight is 760 g/mol. The summed E-state index contributed by atoms with van der Waals surface area (Å²) in [6.45, 7) is 6.02. The molecule has 0 radical (unpaired) electrons. The fourth-order valence-corrected chi connectivity index (χ4v) is 7.55. The fourth-order valence-electron chi connectivity index (χ4n) is 4.25. The molecule has 0 N–H and O–H groups in total. The van der Waals surface area contributed by atoms with Gasteiger partial charge in [0.05, 0.1) is 56.4 Å². The van der Waals surface area contributed by atoms with E-state index in [-0.39, 0.29) is 12.2 Å². The van der Waals surface area contributed by atoms with E-state index in [2.05, 4.69) is 50.2 Å². The summed E-state index contributed by atoms with van der Waals surface area (Å²) in [5.41, 5.74) is 2.12. The second kappa shape index (κ2) is 12.2.